The third kappa shape index (κ3) is 2.25. The van der Waals surface area contributed by atoms with Gasteiger partial charge in [-0.3, -0.25) is 5.10 Å². The average Bonchev–Trinajstić information content (AvgIpc) is 2.82. The molecule has 0 amide bonds. The fourth-order valence-electron chi connectivity index (χ4n) is 1.75. The van der Waals surface area contributed by atoms with Gasteiger partial charge in [0.2, 0.25) is 0 Å². The van der Waals surface area contributed by atoms with E-state index in [1.165, 1.54) is 22.7 Å². The van der Waals surface area contributed by atoms with Gasteiger partial charge in [-0.25, -0.2) is 17.7 Å². The van der Waals surface area contributed by atoms with Crippen molar-refractivity contribution in [3.05, 3.63) is 22.0 Å². The quantitative estimate of drug-likeness (QED) is 0.939. The standard InChI is InChI=1S/C11H16N4O2S2/c1-6-9(4)18-11(12-6)15(5)19(16,17)10-7(2)13-14-8(10)3/h1-5H3,(H,13,14). The van der Waals surface area contributed by atoms with Crippen LogP contribution >= 0.6 is 11.3 Å². The Morgan fingerprint density at radius 2 is 1.79 bits per heavy atom. The number of anilines is 1. The van der Waals surface area contributed by atoms with Crippen LogP contribution in [0.15, 0.2) is 4.90 Å². The molecule has 19 heavy (non-hydrogen) atoms. The summed E-state index contributed by atoms with van der Waals surface area (Å²) < 4.78 is 26.4. The van der Waals surface area contributed by atoms with E-state index in [4.69, 9.17) is 0 Å². The summed E-state index contributed by atoms with van der Waals surface area (Å²) in [7, 11) is -2.11. The average molecular weight is 300 g/mol. The second kappa shape index (κ2) is 4.61. The number of aryl methyl sites for hydroxylation is 4. The molecule has 0 radical (unpaired) electrons. The molecule has 0 bridgehead atoms. The molecule has 0 aliphatic carbocycles. The maximum atomic E-state index is 12.6. The first-order valence-electron chi connectivity index (χ1n) is 5.69. The normalized spacial score (nSPS) is 11.8. The Hall–Kier alpha value is -1.41. The molecule has 2 rings (SSSR count). The molecule has 0 atom stereocenters. The molecule has 1 N–H and O–H groups in total. The highest BCUT2D eigenvalue weighted by molar-refractivity contribution is 7.93. The molecule has 0 unspecified atom stereocenters. The molecule has 0 saturated carbocycles. The van der Waals surface area contributed by atoms with Gasteiger partial charge in [0, 0.05) is 11.9 Å². The van der Waals surface area contributed by atoms with E-state index in [0.717, 1.165) is 10.6 Å². The molecule has 2 aromatic heterocycles. The minimum atomic E-state index is -3.63. The molecular formula is C11H16N4O2S2. The van der Waals surface area contributed by atoms with Crippen LogP contribution in [0.3, 0.4) is 0 Å². The van der Waals surface area contributed by atoms with Gasteiger partial charge in [-0.15, -0.1) is 11.3 Å². The number of rotatable bonds is 3. The Balaban J connectivity index is 2.51. The second-order valence-corrected chi connectivity index (χ2v) is 7.46. The monoisotopic (exact) mass is 300 g/mol. The number of thiazole rings is 1. The van der Waals surface area contributed by atoms with E-state index in [2.05, 4.69) is 15.2 Å². The second-order valence-electron chi connectivity index (χ2n) is 4.37. The van der Waals surface area contributed by atoms with Crippen LogP contribution in [0.25, 0.3) is 0 Å². The highest BCUT2D eigenvalue weighted by Crippen LogP contribution is 2.30. The lowest BCUT2D eigenvalue weighted by molar-refractivity contribution is 0.593. The van der Waals surface area contributed by atoms with Crippen molar-refractivity contribution in [1.82, 2.24) is 15.2 Å². The van der Waals surface area contributed by atoms with Crippen LogP contribution < -0.4 is 4.31 Å². The van der Waals surface area contributed by atoms with Gasteiger partial charge in [-0.2, -0.15) is 5.10 Å². The third-order valence-corrected chi connectivity index (χ3v) is 6.24. The summed E-state index contributed by atoms with van der Waals surface area (Å²) in [6.45, 7) is 7.15. The van der Waals surface area contributed by atoms with Crippen LogP contribution in [-0.4, -0.2) is 30.6 Å². The van der Waals surface area contributed by atoms with Crippen molar-refractivity contribution in [2.75, 3.05) is 11.4 Å². The highest BCUT2D eigenvalue weighted by atomic mass is 32.2. The smallest absolute Gasteiger partial charge is 0.269 e. The molecule has 2 heterocycles. The summed E-state index contributed by atoms with van der Waals surface area (Å²) in [5.41, 5.74) is 1.85. The number of hydrogen-bond acceptors (Lipinski definition) is 5. The molecule has 0 spiro atoms. The summed E-state index contributed by atoms with van der Waals surface area (Å²) in [6, 6.07) is 0. The number of H-pyrrole nitrogens is 1. The zero-order chi connectivity index (χ0) is 14.4. The summed E-state index contributed by atoms with van der Waals surface area (Å²) in [6.07, 6.45) is 0. The Morgan fingerprint density at radius 3 is 2.21 bits per heavy atom. The SMILES string of the molecule is Cc1nc(N(C)S(=O)(=O)c2c(C)n[nH]c2C)sc1C. The van der Waals surface area contributed by atoms with Crippen molar-refractivity contribution in [2.24, 2.45) is 0 Å². The summed E-state index contributed by atoms with van der Waals surface area (Å²) in [5, 5.41) is 7.09. The molecule has 104 valence electrons. The largest absolute Gasteiger partial charge is 0.281 e. The molecule has 0 aromatic carbocycles. The Bertz CT molecular complexity index is 676. The van der Waals surface area contributed by atoms with Crippen molar-refractivity contribution in [1.29, 1.82) is 0 Å². The first-order valence-corrected chi connectivity index (χ1v) is 7.95. The van der Waals surface area contributed by atoms with Crippen molar-refractivity contribution < 1.29 is 8.42 Å². The Kier molecular flexibility index (Phi) is 3.40. The molecule has 0 saturated heterocycles. The van der Waals surface area contributed by atoms with E-state index in [9.17, 15) is 8.42 Å². The van der Waals surface area contributed by atoms with Crippen LogP contribution in [0, 0.1) is 27.7 Å². The van der Waals surface area contributed by atoms with E-state index in [-0.39, 0.29) is 4.90 Å². The molecule has 0 aliphatic rings. The summed E-state index contributed by atoms with van der Waals surface area (Å²) >= 11 is 1.36. The van der Waals surface area contributed by atoms with Gasteiger partial charge in [0.25, 0.3) is 10.0 Å². The van der Waals surface area contributed by atoms with Gasteiger partial charge < -0.3 is 0 Å². The van der Waals surface area contributed by atoms with E-state index < -0.39 is 10.0 Å². The van der Waals surface area contributed by atoms with Crippen molar-refractivity contribution in [3.63, 3.8) is 0 Å². The molecule has 8 heteroatoms. The van der Waals surface area contributed by atoms with E-state index in [0.29, 0.717) is 16.5 Å². The molecule has 2 aromatic rings. The maximum absolute atomic E-state index is 12.6. The predicted molar refractivity (Wildman–Crippen MR) is 75.2 cm³/mol. The lowest BCUT2D eigenvalue weighted by atomic mass is 10.4. The summed E-state index contributed by atoms with van der Waals surface area (Å²) in [4.78, 5) is 5.51. The lowest BCUT2D eigenvalue weighted by Gasteiger charge is -2.16. The zero-order valence-electron chi connectivity index (χ0n) is 11.5. The molecule has 6 nitrogen and oxygen atoms in total. The van der Waals surface area contributed by atoms with Gasteiger partial charge >= 0.3 is 0 Å². The van der Waals surface area contributed by atoms with Crippen LogP contribution in [0.2, 0.25) is 0 Å². The number of nitrogens with one attached hydrogen (secondary N) is 1. The number of hydrogen-bond donors (Lipinski definition) is 1. The number of nitrogens with zero attached hydrogens (tertiary/aromatic N) is 3. The van der Waals surface area contributed by atoms with E-state index in [1.54, 1.807) is 13.8 Å². The number of sulfonamides is 1. The van der Waals surface area contributed by atoms with Gasteiger partial charge in [-0.05, 0) is 27.7 Å². The topological polar surface area (TPSA) is 79.0 Å². The van der Waals surface area contributed by atoms with E-state index in [1.807, 2.05) is 13.8 Å². The van der Waals surface area contributed by atoms with Gasteiger partial charge in [-0.1, -0.05) is 0 Å². The molecular weight excluding hydrogens is 284 g/mol. The van der Waals surface area contributed by atoms with Gasteiger partial charge in [0.15, 0.2) is 5.13 Å². The van der Waals surface area contributed by atoms with Crippen molar-refractivity contribution in [2.45, 2.75) is 32.6 Å². The van der Waals surface area contributed by atoms with Gasteiger partial charge in [0.1, 0.15) is 4.90 Å². The van der Waals surface area contributed by atoms with Gasteiger partial charge in [0.05, 0.1) is 17.1 Å². The number of aromatic amines is 1. The Morgan fingerprint density at radius 1 is 1.16 bits per heavy atom. The van der Waals surface area contributed by atoms with Crippen LogP contribution in [0.1, 0.15) is 22.0 Å². The Labute approximate surface area is 116 Å². The van der Waals surface area contributed by atoms with Crippen LogP contribution in [-0.2, 0) is 10.0 Å². The highest BCUT2D eigenvalue weighted by Gasteiger charge is 2.29. The minimum absolute atomic E-state index is 0.223. The van der Waals surface area contributed by atoms with Crippen LogP contribution in [0.4, 0.5) is 5.13 Å². The maximum Gasteiger partial charge on any atom is 0.269 e. The zero-order valence-corrected chi connectivity index (χ0v) is 13.1. The van der Waals surface area contributed by atoms with Crippen molar-refractivity contribution in [3.8, 4) is 0 Å². The van der Waals surface area contributed by atoms with Crippen molar-refractivity contribution >= 4 is 26.5 Å². The minimum Gasteiger partial charge on any atom is -0.281 e. The fraction of sp³-hybridized carbons (Fsp3) is 0.455. The fourth-order valence-corrected chi connectivity index (χ4v) is 4.31. The van der Waals surface area contributed by atoms with Crippen LogP contribution in [0.5, 0.6) is 0 Å². The predicted octanol–water partition coefficient (Wildman–Crippen LogP) is 1.92. The van der Waals surface area contributed by atoms with E-state index >= 15 is 0 Å². The summed E-state index contributed by atoms with van der Waals surface area (Å²) in [5.74, 6) is 0. The molecule has 0 fully saturated rings. The first-order chi connectivity index (χ1) is 8.75. The number of aromatic nitrogens is 3. The molecule has 0 aliphatic heterocycles. The first kappa shape index (κ1) is 14.0. The third-order valence-electron chi connectivity index (χ3n) is 2.97. The lowest BCUT2D eigenvalue weighted by Crippen LogP contribution is -2.27.